The van der Waals surface area contributed by atoms with E-state index in [9.17, 15) is 4.79 Å². The number of rotatable bonds is 4. The van der Waals surface area contributed by atoms with Crippen molar-refractivity contribution in [1.29, 1.82) is 0 Å². The number of anilines is 1. The molecule has 0 spiro atoms. The van der Waals surface area contributed by atoms with E-state index in [4.69, 9.17) is 5.73 Å². The van der Waals surface area contributed by atoms with Crippen molar-refractivity contribution in [3.8, 4) is 0 Å². The number of benzene rings is 1. The first-order valence-electron chi connectivity index (χ1n) is 7.37. The van der Waals surface area contributed by atoms with Crippen LogP contribution in [0.1, 0.15) is 24.0 Å². The Morgan fingerprint density at radius 3 is 2.52 bits per heavy atom. The highest BCUT2D eigenvalue weighted by Gasteiger charge is 2.14. The maximum Gasteiger partial charge on any atom is 0.269 e. The summed E-state index contributed by atoms with van der Waals surface area (Å²) in [4.78, 5) is 14.5. The van der Waals surface area contributed by atoms with Crippen LogP contribution in [0.3, 0.4) is 0 Å². The quantitative estimate of drug-likeness (QED) is 0.920. The Labute approximate surface area is 124 Å². The zero-order valence-corrected chi connectivity index (χ0v) is 12.0. The van der Waals surface area contributed by atoms with Crippen molar-refractivity contribution in [1.82, 2.24) is 9.78 Å². The Kier molecular flexibility index (Phi) is 4.01. The van der Waals surface area contributed by atoms with E-state index in [1.807, 2.05) is 24.3 Å². The third-order valence-corrected chi connectivity index (χ3v) is 3.98. The smallest absolute Gasteiger partial charge is 0.269 e. The summed E-state index contributed by atoms with van der Waals surface area (Å²) >= 11 is 0. The molecule has 1 aliphatic rings. The van der Waals surface area contributed by atoms with Gasteiger partial charge in [0.05, 0.1) is 18.4 Å². The van der Waals surface area contributed by atoms with Gasteiger partial charge in [-0.1, -0.05) is 24.3 Å². The van der Waals surface area contributed by atoms with Crippen LogP contribution in [0.4, 0.5) is 5.69 Å². The van der Waals surface area contributed by atoms with Gasteiger partial charge in [0.2, 0.25) is 0 Å². The van der Waals surface area contributed by atoms with Crippen LogP contribution < -0.4 is 16.2 Å². The van der Waals surface area contributed by atoms with Gasteiger partial charge in [-0.25, -0.2) is 4.68 Å². The average molecular weight is 284 g/mol. The maximum absolute atomic E-state index is 12.2. The molecule has 1 aliphatic heterocycles. The first-order valence-corrected chi connectivity index (χ1v) is 7.37. The highest BCUT2D eigenvalue weighted by atomic mass is 16.1. The summed E-state index contributed by atoms with van der Waals surface area (Å²) < 4.78 is 1.49. The molecule has 5 heteroatoms. The average Bonchev–Trinajstić information content (AvgIpc) is 3.04. The fourth-order valence-corrected chi connectivity index (χ4v) is 2.76. The van der Waals surface area contributed by atoms with Gasteiger partial charge in [-0.3, -0.25) is 4.79 Å². The van der Waals surface area contributed by atoms with E-state index in [1.54, 1.807) is 12.3 Å². The molecular formula is C16H20N4O. The maximum atomic E-state index is 12.2. The van der Waals surface area contributed by atoms with Crippen LogP contribution in [0.25, 0.3) is 0 Å². The number of nitrogens with two attached hydrogens (primary N) is 1. The van der Waals surface area contributed by atoms with Crippen LogP contribution in [-0.2, 0) is 13.1 Å². The molecule has 0 aliphatic carbocycles. The van der Waals surface area contributed by atoms with E-state index < -0.39 is 0 Å². The van der Waals surface area contributed by atoms with E-state index in [-0.39, 0.29) is 5.56 Å². The molecule has 1 saturated heterocycles. The molecule has 110 valence electrons. The summed E-state index contributed by atoms with van der Waals surface area (Å²) in [5.41, 5.74) is 8.70. The van der Waals surface area contributed by atoms with Gasteiger partial charge in [-0.05, 0) is 24.0 Å². The predicted octanol–water partition coefficient (Wildman–Crippen LogP) is 1.35. The molecule has 1 aromatic carbocycles. The van der Waals surface area contributed by atoms with Gasteiger partial charge in [-0.2, -0.15) is 5.10 Å². The highest BCUT2D eigenvalue weighted by molar-refractivity contribution is 5.43. The molecule has 1 fully saturated rings. The first kappa shape index (κ1) is 13.8. The molecule has 0 amide bonds. The molecule has 3 rings (SSSR count). The molecule has 0 radical (unpaired) electrons. The second kappa shape index (κ2) is 6.10. The third-order valence-electron chi connectivity index (χ3n) is 3.98. The fraction of sp³-hybridized carbons (Fsp3) is 0.375. The molecule has 1 aromatic heterocycles. The number of nitrogens with zero attached hydrogens (tertiary/aromatic N) is 3. The van der Waals surface area contributed by atoms with Crippen LogP contribution in [0, 0.1) is 0 Å². The lowest BCUT2D eigenvalue weighted by atomic mass is 10.1. The van der Waals surface area contributed by atoms with Gasteiger partial charge < -0.3 is 10.6 Å². The molecular weight excluding hydrogens is 264 g/mol. The van der Waals surface area contributed by atoms with Crippen molar-refractivity contribution >= 4 is 5.69 Å². The molecule has 21 heavy (non-hydrogen) atoms. The first-order chi connectivity index (χ1) is 10.3. The van der Waals surface area contributed by atoms with Crippen LogP contribution >= 0.6 is 0 Å². The molecule has 5 nitrogen and oxygen atoms in total. The predicted molar refractivity (Wildman–Crippen MR) is 83.4 cm³/mol. The topological polar surface area (TPSA) is 64.2 Å². The second-order valence-electron chi connectivity index (χ2n) is 5.38. The Hall–Kier alpha value is -2.14. The van der Waals surface area contributed by atoms with Crippen LogP contribution in [0.5, 0.6) is 0 Å². The molecule has 0 atom stereocenters. The van der Waals surface area contributed by atoms with Gasteiger partial charge in [0.15, 0.2) is 0 Å². The lowest BCUT2D eigenvalue weighted by Gasteiger charge is -2.17. The number of hydrogen-bond donors (Lipinski definition) is 1. The van der Waals surface area contributed by atoms with E-state index >= 15 is 0 Å². The summed E-state index contributed by atoms with van der Waals surface area (Å²) in [6.07, 6.45) is 4.16. The summed E-state index contributed by atoms with van der Waals surface area (Å²) in [5.74, 6) is 0. The van der Waals surface area contributed by atoms with E-state index in [0.717, 1.165) is 29.9 Å². The van der Waals surface area contributed by atoms with Crippen LogP contribution in [0.2, 0.25) is 0 Å². The highest BCUT2D eigenvalue weighted by Crippen LogP contribution is 2.17. The van der Waals surface area contributed by atoms with Gasteiger partial charge in [0.1, 0.15) is 0 Å². The fourth-order valence-electron chi connectivity index (χ4n) is 2.76. The Morgan fingerprint density at radius 1 is 1.14 bits per heavy atom. The summed E-state index contributed by atoms with van der Waals surface area (Å²) in [6.45, 7) is 2.96. The molecule has 2 aromatic rings. The van der Waals surface area contributed by atoms with Crippen molar-refractivity contribution in [3.63, 3.8) is 0 Å². The van der Waals surface area contributed by atoms with E-state index in [1.165, 1.54) is 17.5 Å². The zero-order valence-electron chi connectivity index (χ0n) is 12.0. The van der Waals surface area contributed by atoms with Crippen molar-refractivity contribution in [2.24, 2.45) is 5.73 Å². The summed E-state index contributed by atoms with van der Waals surface area (Å²) in [6, 6.07) is 9.57. The SMILES string of the molecule is NCc1ccccc1Cn1ncc(N2CCCC2)cc1=O. The van der Waals surface area contributed by atoms with Gasteiger partial charge in [-0.15, -0.1) is 0 Å². The van der Waals surface area contributed by atoms with Crippen LogP contribution in [0.15, 0.2) is 41.3 Å². The van der Waals surface area contributed by atoms with Crippen LogP contribution in [-0.4, -0.2) is 22.9 Å². The Balaban J connectivity index is 1.84. The van der Waals surface area contributed by atoms with Gasteiger partial charge in [0, 0.05) is 25.7 Å². The minimum Gasteiger partial charge on any atom is -0.370 e. The Morgan fingerprint density at radius 2 is 1.86 bits per heavy atom. The molecule has 0 unspecified atom stereocenters. The standard InChI is InChI=1S/C16H20N4O/c17-10-13-5-1-2-6-14(13)12-20-16(21)9-15(11-18-20)19-7-3-4-8-19/h1-2,5-6,9,11H,3-4,7-8,10,12,17H2. The van der Waals surface area contributed by atoms with Crippen molar-refractivity contribution in [2.75, 3.05) is 18.0 Å². The number of aromatic nitrogens is 2. The second-order valence-corrected chi connectivity index (χ2v) is 5.38. The van der Waals surface area contributed by atoms with E-state index in [0.29, 0.717) is 13.1 Å². The Bertz CT molecular complexity index is 674. The molecule has 0 bridgehead atoms. The van der Waals surface area contributed by atoms with E-state index in [2.05, 4.69) is 10.00 Å². The normalized spacial score (nSPS) is 14.6. The van der Waals surface area contributed by atoms with Crippen molar-refractivity contribution < 1.29 is 0 Å². The van der Waals surface area contributed by atoms with Gasteiger partial charge in [0.25, 0.3) is 5.56 Å². The lowest BCUT2D eigenvalue weighted by Crippen LogP contribution is -2.26. The zero-order chi connectivity index (χ0) is 14.7. The van der Waals surface area contributed by atoms with Crippen molar-refractivity contribution in [2.45, 2.75) is 25.9 Å². The molecule has 2 N–H and O–H groups in total. The summed E-state index contributed by atoms with van der Waals surface area (Å²) in [7, 11) is 0. The van der Waals surface area contributed by atoms with Gasteiger partial charge >= 0.3 is 0 Å². The largest absolute Gasteiger partial charge is 0.370 e. The summed E-state index contributed by atoms with van der Waals surface area (Å²) in [5, 5.41) is 4.32. The monoisotopic (exact) mass is 284 g/mol. The third kappa shape index (κ3) is 2.97. The minimum atomic E-state index is -0.0637. The number of hydrogen-bond acceptors (Lipinski definition) is 4. The molecule has 0 saturated carbocycles. The minimum absolute atomic E-state index is 0.0637. The lowest BCUT2D eigenvalue weighted by molar-refractivity contribution is 0.633. The molecule has 2 heterocycles. The van der Waals surface area contributed by atoms with Crippen molar-refractivity contribution in [3.05, 3.63) is 58.0 Å².